The minimum atomic E-state index is -0.951. The molecule has 0 heterocycles. The van der Waals surface area contributed by atoms with Gasteiger partial charge in [-0.25, -0.2) is 8.78 Å². The normalized spacial score (nSPS) is 12.4. The van der Waals surface area contributed by atoms with Crippen molar-refractivity contribution in [3.63, 3.8) is 0 Å². The molecule has 1 N–H and O–H groups in total. The Hall–Kier alpha value is -1.26. The van der Waals surface area contributed by atoms with Crippen molar-refractivity contribution >= 4 is 15.9 Å². The highest BCUT2D eigenvalue weighted by atomic mass is 79.9. The summed E-state index contributed by atoms with van der Waals surface area (Å²) in [4.78, 5) is 0. The SMILES string of the molecule is OC(Cc1ccc(F)cc1)c1cc(Br)ccc1F. The Morgan fingerprint density at radius 3 is 2.39 bits per heavy atom. The predicted octanol–water partition coefficient (Wildman–Crippen LogP) is 4.00. The van der Waals surface area contributed by atoms with Crippen molar-refractivity contribution in [2.24, 2.45) is 0 Å². The van der Waals surface area contributed by atoms with Crippen LogP contribution in [0, 0.1) is 11.6 Å². The molecule has 94 valence electrons. The molecule has 0 aliphatic rings. The third-order valence-electron chi connectivity index (χ3n) is 2.66. The summed E-state index contributed by atoms with van der Waals surface area (Å²) in [6.45, 7) is 0. The zero-order valence-electron chi connectivity index (χ0n) is 9.41. The van der Waals surface area contributed by atoms with Crippen LogP contribution in [0.4, 0.5) is 8.78 Å². The van der Waals surface area contributed by atoms with E-state index < -0.39 is 11.9 Å². The minimum Gasteiger partial charge on any atom is -0.388 e. The molecule has 1 atom stereocenters. The van der Waals surface area contributed by atoms with Gasteiger partial charge >= 0.3 is 0 Å². The van der Waals surface area contributed by atoms with E-state index >= 15 is 0 Å². The Balaban J connectivity index is 2.18. The van der Waals surface area contributed by atoms with Crippen LogP contribution in [0.5, 0.6) is 0 Å². The van der Waals surface area contributed by atoms with Crippen molar-refractivity contribution < 1.29 is 13.9 Å². The van der Waals surface area contributed by atoms with E-state index in [0.29, 0.717) is 4.47 Å². The second-order valence-electron chi connectivity index (χ2n) is 4.01. The number of aliphatic hydroxyl groups excluding tert-OH is 1. The van der Waals surface area contributed by atoms with Crippen molar-refractivity contribution in [1.29, 1.82) is 0 Å². The van der Waals surface area contributed by atoms with Crippen LogP contribution >= 0.6 is 15.9 Å². The van der Waals surface area contributed by atoms with Crippen LogP contribution in [0.2, 0.25) is 0 Å². The molecule has 18 heavy (non-hydrogen) atoms. The zero-order chi connectivity index (χ0) is 13.1. The van der Waals surface area contributed by atoms with Crippen LogP contribution in [0.15, 0.2) is 46.9 Å². The van der Waals surface area contributed by atoms with Crippen molar-refractivity contribution in [2.75, 3.05) is 0 Å². The molecule has 0 aliphatic carbocycles. The molecule has 1 unspecified atom stereocenters. The van der Waals surface area contributed by atoms with E-state index in [-0.39, 0.29) is 17.8 Å². The Kier molecular flexibility index (Phi) is 4.09. The molecule has 4 heteroatoms. The summed E-state index contributed by atoms with van der Waals surface area (Å²) in [5.41, 5.74) is 0.983. The molecule has 0 radical (unpaired) electrons. The first-order chi connectivity index (χ1) is 8.56. The van der Waals surface area contributed by atoms with Gasteiger partial charge in [-0.15, -0.1) is 0 Å². The summed E-state index contributed by atoms with van der Waals surface area (Å²) >= 11 is 3.23. The minimum absolute atomic E-state index is 0.230. The fourth-order valence-electron chi connectivity index (χ4n) is 1.72. The molecule has 0 amide bonds. The van der Waals surface area contributed by atoms with Gasteiger partial charge in [-0.2, -0.15) is 0 Å². The first kappa shape index (κ1) is 13.2. The maximum absolute atomic E-state index is 13.5. The van der Waals surface area contributed by atoms with Gasteiger partial charge in [0.15, 0.2) is 0 Å². The molecule has 0 aliphatic heterocycles. The third kappa shape index (κ3) is 3.15. The van der Waals surface area contributed by atoms with Crippen LogP contribution in [-0.4, -0.2) is 5.11 Å². The van der Waals surface area contributed by atoms with E-state index in [1.54, 1.807) is 24.3 Å². The second kappa shape index (κ2) is 5.59. The van der Waals surface area contributed by atoms with Gasteiger partial charge in [-0.3, -0.25) is 0 Å². The summed E-state index contributed by atoms with van der Waals surface area (Å²) in [7, 11) is 0. The number of aliphatic hydroxyl groups is 1. The highest BCUT2D eigenvalue weighted by Gasteiger charge is 2.14. The number of hydrogen-bond donors (Lipinski definition) is 1. The van der Waals surface area contributed by atoms with E-state index in [0.717, 1.165) is 5.56 Å². The molecular weight excluding hydrogens is 302 g/mol. The number of rotatable bonds is 3. The fraction of sp³-hybridized carbons (Fsp3) is 0.143. The second-order valence-corrected chi connectivity index (χ2v) is 4.93. The molecule has 2 aromatic rings. The van der Waals surface area contributed by atoms with E-state index in [1.807, 2.05) is 0 Å². The summed E-state index contributed by atoms with van der Waals surface area (Å²) in [6, 6.07) is 10.2. The van der Waals surface area contributed by atoms with E-state index in [9.17, 15) is 13.9 Å². The maximum Gasteiger partial charge on any atom is 0.129 e. The Morgan fingerprint density at radius 1 is 1.06 bits per heavy atom. The van der Waals surface area contributed by atoms with Gasteiger partial charge in [0.1, 0.15) is 11.6 Å². The summed E-state index contributed by atoms with van der Waals surface area (Å²) < 4.78 is 27.0. The molecule has 0 saturated heterocycles. The van der Waals surface area contributed by atoms with Crippen LogP contribution in [0.25, 0.3) is 0 Å². The Morgan fingerprint density at radius 2 is 1.72 bits per heavy atom. The van der Waals surface area contributed by atoms with E-state index in [2.05, 4.69) is 15.9 Å². The van der Waals surface area contributed by atoms with Crippen LogP contribution in [0.1, 0.15) is 17.2 Å². The van der Waals surface area contributed by atoms with Crippen molar-refractivity contribution in [1.82, 2.24) is 0 Å². The fourth-order valence-corrected chi connectivity index (χ4v) is 2.10. The van der Waals surface area contributed by atoms with Crippen LogP contribution in [0.3, 0.4) is 0 Å². The third-order valence-corrected chi connectivity index (χ3v) is 3.15. The summed E-state index contributed by atoms with van der Waals surface area (Å²) in [6.07, 6.45) is -0.707. The van der Waals surface area contributed by atoms with Gasteiger partial charge in [0.05, 0.1) is 6.10 Å². The lowest BCUT2D eigenvalue weighted by Crippen LogP contribution is -2.04. The lowest BCUT2D eigenvalue weighted by molar-refractivity contribution is 0.173. The van der Waals surface area contributed by atoms with Gasteiger partial charge in [-0.1, -0.05) is 28.1 Å². The Bertz CT molecular complexity index is 540. The molecule has 2 aromatic carbocycles. The average Bonchev–Trinajstić information content (AvgIpc) is 2.35. The van der Waals surface area contributed by atoms with Gasteiger partial charge in [0, 0.05) is 16.5 Å². The summed E-state index contributed by atoms with van der Waals surface area (Å²) in [5, 5.41) is 9.99. The molecule has 0 fully saturated rings. The van der Waals surface area contributed by atoms with Crippen LogP contribution in [-0.2, 0) is 6.42 Å². The molecular formula is C14H11BrF2O. The number of benzene rings is 2. The highest BCUT2D eigenvalue weighted by Crippen LogP contribution is 2.24. The molecule has 0 spiro atoms. The molecule has 2 rings (SSSR count). The van der Waals surface area contributed by atoms with Gasteiger partial charge in [0.25, 0.3) is 0 Å². The van der Waals surface area contributed by atoms with Crippen molar-refractivity contribution in [3.05, 3.63) is 69.7 Å². The molecule has 0 aromatic heterocycles. The van der Waals surface area contributed by atoms with Gasteiger partial charge in [0.2, 0.25) is 0 Å². The topological polar surface area (TPSA) is 20.2 Å². The van der Waals surface area contributed by atoms with Crippen molar-refractivity contribution in [2.45, 2.75) is 12.5 Å². The number of halogens is 3. The lowest BCUT2D eigenvalue weighted by atomic mass is 10.0. The largest absolute Gasteiger partial charge is 0.388 e. The standard InChI is InChI=1S/C14H11BrF2O/c15-10-3-6-13(17)12(8-10)14(18)7-9-1-4-11(16)5-2-9/h1-6,8,14,18H,7H2. The lowest BCUT2D eigenvalue weighted by Gasteiger charge is -2.12. The van der Waals surface area contributed by atoms with E-state index in [4.69, 9.17) is 0 Å². The Labute approximate surface area is 112 Å². The van der Waals surface area contributed by atoms with Gasteiger partial charge in [-0.05, 0) is 35.9 Å². The van der Waals surface area contributed by atoms with Crippen molar-refractivity contribution in [3.8, 4) is 0 Å². The molecule has 0 bridgehead atoms. The number of hydrogen-bond acceptors (Lipinski definition) is 1. The monoisotopic (exact) mass is 312 g/mol. The van der Waals surface area contributed by atoms with Gasteiger partial charge < -0.3 is 5.11 Å². The highest BCUT2D eigenvalue weighted by molar-refractivity contribution is 9.10. The smallest absolute Gasteiger partial charge is 0.129 e. The predicted molar refractivity (Wildman–Crippen MR) is 69.2 cm³/mol. The average molecular weight is 313 g/mol. The van der Waals surface area contributed by atoms with E-state index in [1.165, 1.54) is 18.2 Å². The molecule has 1 nitrogen and oxygen atoms in total. The quantitative estimate of drug-likeness (QED) is 0.908. The zero-order valence-corrected chi connectivity index (χ0v) is 11.0. The first-order valence-electron chi connectivity index (χ1n) is 5.44. The van der Waals surface area contributed by atoms with Crippen LogP contribution < -0.4 is 0 Å². The molecule has 0 saturated carbocycles. The maximum atomic E-state index is 13.5. The summed E-state index contributed by atoms with van der Waals surface area (Å²) in [5.74, 6) is -0.783. The first-order valence-corrected chi connectivity index (χ1v) is 6.23.